The van der Waals surface area contributed by atoms with Crippen molar-refractivity contribution in [3.63, 3.8) is 0 Å². The first-order valence-corrected chi connectivity index (χ1v) is 34.2. The molecule has 2 N–H and O–H groups in total. The van der Waals surface area contributed by atoms with Gasteiger partial charge in [-0.3, -0.25) is 24.1 Å². The Morgan fingerprint density at radius 2 is 1.33 bits per heavy atom. The monoisotopic (exact) mass is 1400 g/mol. The Balaban J connectivity index is 0.544. The highest BCUT2D eigenvalue weighted by atomic mass is 19.1. The summed E-state index contributed by atoms with van der Waals surface area (Å²) in [7, 11) is 1.46. The molecule has 31 heteroatoms. The average molecular weight is 1400 g/mol. The minimum Gasteiger partial charge on any atom is -0.494 e. The fraction of sp³-hybridized carbons (Fsp3) is 0.565. The number of ketones is 1. The molecule has 4 aromatic heterocycles. The number of hydrogen-bond acceptors (Lipinski definition) is 23. The highest BCUT2D eigenvalue weighted by Gasteiger charge is 2.33. The maximum atomic E-state index is 13.9. The summed E-state index contributed by atoms with van der Waals surface area (Å²) in [6.45, 7) is 17.6. The van der Waals surface area contributed by atoms with Gasteiger partial charge in [-0.25, -0.2) is 27.8 Å². The summed E-state index contributed by atoms with van der Waals surface area (Å²) < 4.78 is 98.2. The molecule has 3 fully saturated rings. The topological polar surface area (TPSA) is 299 Å². The van der Waals surface area contributed by atoms with Crippen LogP contribution in [-0.2, 0) is 60.6 Å². The Morgan fingerprint density at radius 3 is 1.96 bits per heavy atom. The highest BCUT2D eigenvalue weighted by Crippen LogP contribution is 2.34. The van der Waals surface area contributed by atoms with Gasteiger partial charge in [-0.1, -0.05) is 42.5 Å². The lowest BCUT2D eigenvalue weighted by atomic mass is 9.80. The molecule has 2 aromatic carbocycles. The summed E-state index contributed by atoms with van der Waals surface area (Å²) in [5.41, 5.74) is 3.59. The number of piperazine rings is 1. The van der Waals surface area contributed by atoms with E-state index in [1.807, 2.05) is 30.3 Å². The zero-order valence-electron chi connectivity index (χ0n) is 57.0. The molecule has 6 heterocycles. The molecule has 0 bridgehead atoms. The molecule has 100 heavy (non-hydrogen) atoms. The lowest BCUT2D eigenvalue weighted by Gasteiger charge is -2.42. The van der Waals surface area contributed by atoms with Gasteiger partial charge in [0.25, 0.3) is 17.6 Å². The molecule has 0 radical (unpaired) electrons. The lowest BCUT2D eigenvalue weighted by molar-refractivity contribution is -0.136. The van der Waals surface area contributed by atoms with E-state index in [1.165, 1.54) is 48.3 Å². The normalized spacial score (nSPS) is 15.9. The predicted octanol–water partition coefficient (Wildman–Crippen LogP) is 5.50. The maximum Gasteiger partial charge on any atom is 0.313 e. The third kappa shape index (κ3) is 23.5. The van der Waals surface area contributed by atoms with Gasteiger partial charge < -0.3 is 72.4 Å². The number of H-pyrrole nitrogens is 1. The standard InChI is InChI=1S/C69H91F3N14O14/c1-50-40-55(41-50)83(15-6-13-74-68(89)66-77-49-86(79-66)67-63-62(60(91-2)46-76-67)57(45-75-63)64(88)69(90)84-17-10-52(11-18-84)56(44-73)51-8-4-3-5-9-51)16-7-14-81-19-21-82(22-20-81)23-26-93-29-32-96-36-37-98-38-39-99-48-54-47-85(80-78-54)24-27-94-30-33-97-35-34-95-31-28-92-25-12-61(87)100-65-58(71)42-53(70)43-59(65)72/h3-5,8-9,42-43,45-47,49-50,55,75H,6-7,10-41,48H2,1-2H3,(H,74,89). The fourth-order valence-electron chi connectivity index (χ4n) is 11.9. The number of halogens is 3. The van der Waals surface area contributed by atoms with Gasteiger partial charge in [0.05, 0.1) is 166 Å². The highest BCUT2D eigenvalue weighted by molar-refractivity contribution is 6.45. The van der Waals surface area contributed by atoms with Gasteiger partial charge in [0.1, 0.15) is 23.6 Å². The van der Waals surface area contributed by atoms with Crippen molar-refractivity contribution in [1.29, 1.82) is 5.26 Å². The van der Waals surface area contributed by atoms with Crippen molar-refractivity contribution in [2.45, 2.75) is 71.1 Å². The first kappa shape index (κ1) is 76.1. The maximum absolute atomic E-state index is 13.9. The number of methoxy groups -OCH3 is 1. The van der Waals surface area contributed by atoms with Crippen molar-refractivity contribution in [2.24, 2.45) is 5.92 Å². The van der Waals surface area contributed by atoms with Crippen LogP contribution in [0.15, 0.2) is 73.0 Å². The largest absolute Gasteiger partial charge is 0.494 e. The second-order valence-electron chi connectivity index (χ2n) is 24.3. The molecular formula is C69H91F3N14O14. The van der Waals surface area contributed by atoms with Crippen molar-refractivity contribution in [1.82, 2.24) is 64.6 Å². The molecule has 542 valence electrons. The number of likely N-dealkylation sites (tertiary alicyclic amines) is 1. The second-order valence-corrected chi connectivity index (χ2v) is 24.3. The number of hydrogen-bond donors (Lipinski definition) is 2. The number of rotatable bonds is 45. The average Bonchev–Trinajstić information content (AvgIpc) is 1.60. The van der Waals surface area contributed by atoms with Crippen molar-refractivity contribution >= 4 is 40.0 Å². The van der Waals surface area contributed by atoms with Crippen LogP contribution in [0.5, 0.6) is 11.5 Å². The zero-order valence-corrected chi connectivity index (χ0v) is 57.0. The number of carbonyl (C=O) groups excluding carboxylic acids is 4. The second kappa shape index (κ2) is 41.0. The number of nitrogens with one attached hydrogen (secondary N) is 2. The van der Waals surface area contributed by atoms with E-state index < -0.39 is 46.8 Å². The van der Waals surface area contributed by atoms with Gasteiger partial charge in [-0.15, -0.1) is 10.2 Å². The Hall–Kier alpha value is -8.13. The van der Waals surface area contributed by atoms with Crippen LogP contribution in [0.4, 0.5) is 13.2 Å². The summed E-state index contributed by atoms with van der Waals surface area (Å²) >= 11 is 0. The molecule has 3 aliphatic rings. The molecule has 0 atom stereocenters. The Morgan fingerprint density at radius 1 is 0.730 bits per heavy atom. The van der Waals surface area contributed by atoms with Gasteiger partial charge in [-0.2, -0.15) is 9.94 Å². The molecule has 0 spiro atoms. The van der Waals surface area contributed by atoms with Gasteiger partial charge in [-0.05, 0) is 68.7 Å². The number of fused-ring (bicyclic) bond motifs is 1. The number of carbonyl (C=O) groups is 4. The molecule has 6 aromatic rings. The Bertz CT molecular complexity index is 3580. The van der Waals surface area contributed by atoms with Crippen molar-refractivity contribution in [3.05, 3.63) is 113 Å². The van der Waals surface area contributed by atoms with E-state index >= 15 is 0 Å². The molecular weight excluding hydrogens is 1310 g/mol. The van der Waals surface area contributed by atoms with Gasteiger partial charge in [0.2, 0.25) is 11.6 Å². The van der Waals surface area contributed by atoms with E-state index in [1.54, 1.807) is 10.9 Å². The van der Waals surface area contributed by atoms with E-state index in [0.717, 1.165) is 76.3 Å². The Kier molecular flexibility index (Phi) is 31.1. The number of esters is 1. The SMILES string of the molecule is COc1cnc(-n2cnc(C(=O)NCCCN(CCCN3CCN(CCOCCOCCOCCOCc4cn(CCOCCOCCOCCOCCC(=O)Oc5c(F)cc(F)cc5F)nn4)CC3)C3CC(C)C3)n2)c2[nH]cc(C(=O)C(=O)N3CCC(=C(C#N)c4ccccc4)CC3)c12. The smallest absolute Gasteiger partial charge is 0.313 e. The van der Waals surface area contributed by atoms with Crippen molar-refractivity contribution < 1.29 is 79.7 Å². The number of benzene rings is 2. The van der Waals surface area contributed by atoms with E-state index in [4.69, 9.17) is 42.6 Å². The van der Waals surface area contributed by atoms with Crippen LogP contribution < -0.4 is 14.8 Å². The third-order valence-corrected chi connectivity index (χ3v) is 17.3. The minimum absolute atomic E-state index is 0.0302. The third-order valence-electron chi connectivity index (χ3n) is 17.3. The number of amides is 2. The van der Waals surface area contributed by atoms with Gasteiger partial charge in [0.15, 0.2) is 17.5 Å². The summed E-state index contributed by atoms with van der Waals surface area (Å²) in [6.07, 6.45) is 11.0. The first-order chi connectivity index (χ1) is 48.8. The van der Waals surface area contributed by atoms with Crippen LogP contribution >= 0.6 is 0 Å². The number of allylic oxidation sites excluding steroid dienone is 1. The van der Waals surface area contributed by atoms with E-state index in [9.17, 15) is 37.6 Å². The number of aromatic amines is 1. The summed E-state index contributed by atoms with van der Waals surface area (Å²) in [5.74, 6) is -6.15. The zero-order chi connectivity index (χ0) is 70.3. The number of aromatic nitrogens is 8. The molecule has 28 nitrogen and oxygen atoms in total. The van der Waals surface area contributed by atoms with E-state index in [2.05, 4.69) is 68.1 Å². The quantitative estimate of drug-likeness (QED) is 0.0119. The van der Waals surface area contributed by atoms with Crippen LogP contribution in [0.3, 0.4) is 0 Å². The van der Waals surface area contributed by atoms with Gasteiger partial charge >= 0.3 is 5.97 Å². The van der Waals surface area contributed by atoms with Crippen molar-refractivity contribution in [2.75, 3.05) is 178 Å². The number of nitriles is 1. The number of ether oxygens (including phenoxy) is 10. The lowest BCUT2D eigenvalue weighted by Crippen LogP contribution is -2.49. The van der Waals surface area contributed by atoms with Crippen LogP contribution in [0.1, 0.15) is 84.1 Å². The molecule has 1 saturated carbocycles. The minimum atomic E-state index is -1.31. The molecule has 1 aliphatic carbocycles. The molecule has 2 saturated heterocycles. The van der Waals surface area contributed by atoms with Gasteiger partial charge in [0, 0.05) is 83.3 Å². The number of Topliss-reactive ketones (excluding diaryl/α,β-unsaturated/α-hetero) is 1. The van der Waals surface area contributed by atoms with Crippen LogP contribution in [0, 0.1) is 34.7 Å². The number of nitrogens with zero attached hydrogens (tertiary/aromatic N) is 12. The number of piperidine rings is 1. The summed E-state index contributed by atoms with van der Waals surface area (Å²) in [4.78, 5) is 73.8. The van der Waals surface area contributed by atoms with Crippen LogP contribution in [-0.4, -0.2) is 267 Å². The molecule has 2 amide bonds. The number of pyridine rings is 1. The summed E-state index contributed by atoms with van der Waals surface area (Å²) in [5, 5.41) is 26.0. The van der Waals surface area contributed by atoms with E-state index in [-0.39, 0.29) is 49.2 Å². The Labute approximate surface area is 579 Å². The van der Waals surface area contributed by atoms with Crippen LogP contribution in [0.2, 0.25) is 0 Å². The fourth-order valence-corrected chi connectivity index (χ4v) is 11.9. The molecule has 9 rings (SSSR count). The van der Waals surface area contributed by atoms with E-state index in [0.29, 0.717) is 171 Å². The molecule has 2 aliphatic heterocycles. The molecule has 0 unspecified atom stereocenters. The predicted molar refractivity (Wildman–Crippen MR) is 357 cm³/mol. The van der Waals surface area contributed by atoms with Crippen molar-refractivity contribution in [3.8, 4) is 23.4 Å². The van der Waals surface area contributed by atoms with Crippen LogP contribution in [0.25, 0.3) is 22.3 Å². The first-order valence-electron chi connectivity index (χ1n) is 34.2. The summed E-state index contributed by atoms with van der Waals surface area (Å²) in [6, 6.07) is 13.2.